The van der Waals surface area contributed by atoms with Gasteiger partial charge in [0.1, 0.15) is 5.82 Å². The highest BCUT2D eigenvalue weighted by atomic mass is 32.2. The number of aryl methyl sites for hydroxylation is 1. The molecule has 1 aromatic carbocycles. The summed E-state index contributed by atoms with van der Waals surface area (Å²) in [5, 5.41) is 0. The molecule has 112 valence electrons. The van der Waals surface area contributed by atoms with E-state index in [1.54, 1.807) is 25.8 Å². The van der Waals surface area contributed by atoms with Crippen LogP contribution in [-0.4, -0.2) is 39.2 Å². The van der Waals surface area contributed by atoms with Gasteiger partial charge in [0, 0.05) is 19.4 Å². The summed E-state index contributed by atoms with van der Waals surface area (Å²) in [6.45, 7) is 1.77. The fraction of sp³-hybridized carbons (Fsp3) is 0.538. The van der Waals surface area contributed by atoms with E-state index in [9.17, 15) is 12.8 Å². The first kappa shape index (κ1) is 15.8. The molecule has 1 atom stereocenters. The molecule has 0 spiro atoms. The Bertz CT molecular complexity index is 583. The highest BCUT2D eigenvalue weighted by Gasteiger charge is 2.35. The Balaban J connectivity index is 2.13. The van der Waals surface area contributed by atoms with Crippen molar-refractivity contribution in [2.24, 2.45) is 0 Å². The minimum atomic E-state index is -3.64. The van der Waals surface area contributed by atoms with Crippen LogP contribution in [0, 0.1) is 12.7 Å². The smallest absolute Gasteiger partial charge is 0.240 e. The second-order valence-electron chi connectivity index (χ2n) is 4.93. The fourth-order valence-electron chi connectivity index (χ4n) is 2.06. The van der Waals surface area contributed by atoms with Gasteiger partial charge in [-0.2, -0.15) is 11.8 Å². The average Bonchev–Trinajstić information content (AvgIpc) is 2.89. The summed E-state index contributed by atoms with van der Waals surface area (Å²) in [4.78, 5) is 0.0771. The molecule has 0 radical (unpaired) electrons. The molecular formula is C13H18FNO3S2. The highest BCUT2D eigenvalue weighted by molar-refractivity contribution is 7.99. The average molecular weight is 319 g/mol. The summed E-state index contributed by atoms with van der Waals surface area (Å²) >= 11 is 1.75. The van der Waals surface area contributed by atoms with Gasteiger partial charge in [-0.15, -0.1) is 0 Å². The van der Waals surface area contributed by atoms with Gasteiger partial charge in [0.2, 0.25) is 10.0 Å². The van der Waals surface area contributed by atoms with Crippen molar-refractivity contribution in [3.05, 3.63) is 29.6 Å². The Labute approximate surface area is 123 Å². The van der Waals surface area contributed by atoms with Crippen molar-refractivity contribution in [2.45, 2.75) is 23.8 Å². The number of rotatable bonds is 5. The number of nitrogens with one attached hydrogen (secondary N) is 1. The third-order valence-corrected chi connectivity index (χ3v) is 6.15. The number of methoxy groups -OCH3 is 1. The largest absolute Gasteiger partial charge is 0.376 e. The van der Waals surface area contributed by atoms with Gasteiger partial charge in [0.05, 0.1) is 10.5 Å². The van der Waals surface area contributed by atoms with Crippen LogP contribution in [0.25, 0.3) is 0 Å². The van der Waals surface area contributed by atoms with Gasteiger partial charge in [0.25, 0.3) is 0 Å². The van der Waals surface area contributed by atoms with Gasteiger partial charge in [-0.05, 0) is 42.9 Å². The summed E-state index contributed by atoms with van der Waals surface area (Å²) in [5.41, 5.74) is -0.127. The molecule has 0 saturated carbocycles. The van der Waals surface area contributed by atoms with Gasteiger partial charge in [-0.1, -0.05) is 0 Å². The van der Waals surface area contributed by atoms with Crippen molar-refractivity contribution in [1.82, 2.24) is 4.72 Å². The van der Waals surface area contributed by atoms with E-state index in [1.165, 1.54) is 18.2 Å². The highest BCUT2D eigenvalue weighted by Crippen LogP contribution is 2.30. The molecule has 0 aliphatic carbocycles. The van der Waals surface area contributed by atoms with Crippen LogP contribution >= 0.6 is 11.8 Å². The van der Waals surface area contributed by atoms with Crippen molar-refractivity contribution in [1.29, 1.82) is 0 Å². The minimum absolute atomic E-state index is 0.0771. The standard InChI is InChI=1S/C13H18FNO3S2/c1-10-7-11(3-4-12(10)14)20(16,17)15-8-13(18-2)5-6-19-9-13/h3-4,7,15H,5-6,8-9H2,1-2H3/t13-/m0/s1. The maximum Gasteiger partial charge on any atom is 0.240 e. The van der Waals surface area contributed by atoms with Crippen LogP contribution in [-0.2, 0) is 14.8 Å². The predicted molar refractivity (Wildman–Crippen MR) is 78.0 cm³/mol. The minimum Gasteiger partial charge on any atom is -0.376 e. The first-order chi connectivity index (χ1) is 9.38. The Kier molecular flexibility index (Phi) is 4.73. The molecule has 2 rings (SSSR count). The summed E-state index contributed by atoms with van der Waals surface area (Å²) in [6, 6.07) is 3.77. The molecule has 1 aromatic rings. The summed E-state index contributed by atoms with van der Waals surface area (Å²) in [6.07, 6.45) is 0.819. The van der Waals surface area contributed by atoms with E-state index in [2.05, 4.69) is 4.72 Å². The van der Waals surface area contributed by atoms with Gasteiger partial charge in [-0.25, -0.2) is 17.5 Å². The Morgan fingerprint density at radius 3 is 2.80 bits per heavy atom. The molecule has 1 fully saturated rings. The molecule has 4 nitrogen and oxygen atoms in total. The number of thioether (sulfide) groups is 1. The third kappa shape index (κ3) is 3.33. The van der Waals surface area contributed by atoms with Gasteiger partial charge < -0.3 is 4.74 Å². The van der Waals surface area contributed by atoms with E-state index in [4.69, 9.17) is 4.74 Å². The Morgan fingerprint density at radius 2 is 2.25 bits per heavy atom. The number of hydrogen-bond acceptors (Lipinski definition) is 4. The van der Waals surface area contributed by atoms with Crippen LogP contribution in [0.15, 0.2) is 23.1 Å². The van der Waals surface area contributed by atoms with E-state index >= 15 is 0 Å². The van der Waals surface area contributed by atoms with Crippen LogP contribution in [0.4, 0.5) is 4.39 Å². The molecule has 7 heteroatoms. The van der Waals surface area contributed by atoms with Crippen LogP contribution < -0.4 is 4.72 Å². The van der Waals surface area contributed by atoms with E-state index < -0.39 is 21.4 Å². The molecule has 0 bridgehead atoms. The Hall–Kier alpha value is -0.630. The van der Waals surface area contributed by atoms with Crippen molar-refractivity contribution >= 4 is 21.8 Å². The van der Waals surface area contributed by atoms with Crippen LogP contribution in [0.2, 0.25) is 0 Å². The number of ether oxygens (including phenoxy) is 1. The van der Waals surface area contributed by atoms with E-state index in [-0.39, 0.29) is 11.4 Å². The molecule has 1 saturated heterocycles. The summed E-state index contributed by atoms with van der Waals surface area (Å²) < 4.78 is 45.7. The van der Waals surface area contributed by atoms with Crippen molar-refractivity contribution in [3.63, 3.8) is 0 Å². The van der Waals surface area contributed by atoms with Gasteiger partial charge >= 0.3 is 0 Å². The second-order valence-corrected chi connectivity index (χ2v) is 7.80. The first-order valence-corrected chi connectivity index (χ1v) is 8.91. The molecule has 1 N–H and O–H groups in total. The lowest BCUT2D eigenvalue weighted by atomic mass is 10.0. The van der Waals surface area contributed by atoms with E-state index in [0.29, 0.717) is 5.56 Å². The zero-order chi connectivity index (χ0) is 14.8. The number of hydrogen-bond donors (Lipinski definition) is 1. The van der Waals surface area contributed by atoms with E-state index in [1.807, 2.05) is 0 Å². The molecule has 1 aliphatic heterocycles. The molecule has 1 aliphatic rings. The second kappa shape index (κ2) is 6.01. The zero-order valence-electron chi connectivity index (χ0n) is 11.5. The lowest BCUT2D eigenvalue weighted by Crippen LogP contribution is -2.44. The van der Waals surface area contributed by atoms with Crippen molar-refractivity contribution in [2.75, 3.05) is 25.2 Å². The number of benzene rings is 1. The quantitative estimate of drug-likeness (QED) is 0.901. The summed E-state index contributed by atoms with van der Waals surface area (Å²) in [7, 11) is -2.04. The van der Waals surface area contributed by atoms with Crippen LogP contribution in [0.3, 0.4) is 0 Å². The molecular weight excluding hydrogens is 301 g/mol. The number of halogens is 1. The van der Waals surface area contributed by atoms with Crippen LogP contribution in [0.1, 0.15) is 12.0 Å². The lowest BCUT2D eigenvalue weighted by molar-refractivity contribution is 0.0179. The topological polar surface area (TPSA) is 55.4 Å². The van der Waals surface area contributed by atoms with Gasteiger partial charge in [0.15, 0.2) is 0 Å². The predicted octanol–water partition coefficient (Wildman–Crippen LogP) is 1.93. The van der Waals surface area contributed by atoms with Crippen molar-refractivity contribution in [3.8, 4) is 0 Å². The SMILES string of the molecule is CO[C@]1(CNS(=O)(=O)c2ccc(F)c(C)c2)CCSC1. The molecule has 0 aromatic heterocycles. The Morgan fingerprint density at radius 1 is 1.50 bits per heavy atom. The molecule has 20 heavy (non-hydrogen) atoms. The van der Waals surface area contributed by atoms with E-state index in [0.717, 1.165) is 17.9 Å². The number of sulfonamides is 1. The molecule has 1 heterocycles. The van der Waals surface area contributed by atoms with Crippen LogP contribution in [0.5, 0.6) is 0 Å². The molecule has 0 unspecified atom stereocenters. The maximum absolute atomic E-state index is 13.2. The van der Waals surface area contributed by atoms with Crippen molar-refractivity contribution < 1.29 is 17.5 Å². The van der Waals surface area contributed by atoms with Gasteiger partial charge in [-0.3, -0.25) is 0 Å². The maximum atomic E-state index is 13.2. The first-order valence-electron chi connectivity index (χ1n) is 6.27. The lowest BCUT2D eigenvalue weighted by Gasteiger charge is -2.26. The molecule has 0 amide bonds. The normalized spacial score (nSPS) is 23.1. The third-order valence-electron chi connectivity index (χ3n) is 3.52. The summed E-state index contributed by atoms with van der Waals surface area (Å²) in [5.74, 6) is 1.32. The zero-order valence-corrected chi connectivity index (χ0v) is 13.1. The monoisotopic (exact) mass is 319 g/mol. The fourth-order valence-corrected chi connectivity index (χ4v) is 4.65.